The molecular formula is C34H70NO10P. The van der Waals surface area contributed by atoms with Gasteiger partial charge in [0.2, 0.25) is 0 Å². The van der Waals surface area contributed by atoms with E-state index in [1.165, 1.54) is 89.9 Å². The van der Waals surface area contributed by atoms with Crippen molar-refractivity contribution < 1.29 is 47.8 Å². The predicted molar refractivity (Wildman–Crippen MR) is 182 cm³/mol. The molecule has 0 spiro atoms. The number of carbonyl (C=O) groups excluding carboxylic acids is 2. The monoisotopic (exact) mass is 683 g/mol. The number of carbonyl (C=O) groups is 2. The normalized spacial score (nSPS) is 13.8. The summed E-state index contributed by atoms with van der Waals surface area (Å²) < 4.78 is 32.1. The highest BCUT2D eigenvalue weighted by atomic mass is 31.2. The number of aliphatic hydroxyl groups is 2. The predicted octanol–water partition coefficient (Wildman–Crippen LogP) is 8.07. The van der Waals surface area contributed by atoms with Gasteiger partial charge in [-0.05, 0) is 12.8 Å². The summed E-state index contributed by atoms with van der Waals surface area (Å²) in [5, 5.41) is 18.2. The Hall–Kier alpha value is -1.07. The highest BCUT2D eigenvalue weighted by Crippen LogP contribution is 2.38. The summed E-state index contributed by atoms with van der Waals surface area (Å²) in [6.07, 6.45) is 23.4. The molecule has 6 N–H and O–H groups in total. The van der Waals surface area contributed by atoms with Crippen LogP contribution in [0, 0.1) is 0 Å². The van der Waals surface area contributed by atoms with E-state index in [9.17, 15) is 24.2 Å². The fraction of sp³-hybridized carbons (Fsp3) is 0.941. The van der Waals surface area contributed by atoms with Crippen molar-refractivity contribution in [1.82, 2.24) is 6.15 Å². The Labute approximate surface area is 280 Å². The number of unbranched alkanes of at least 4 members (excludes halogenated alkanes) is 20. The lowest BCUT2D eigenvalue weighted by molar-refractivity contribution is -0.230. The van der Waals surface area contributed by atoms with Crippen LogP contribution in [0.1, 0.15) is 168 Å². The number of rotatable bonds is 34. The largest absolute Gasteiger partial charge is 0.756 e. The lowest BCUT2D eigenvalue weighted by Crippen LogP contribution is -2.30. The topological polar surface area (TPSA) is 188 Å². The molecule has 0 aromatic heterocycles. The van der Waals surface area contributed by atoms with Crippen molar-refractivity contribution in [3.63, 3.8) is 0 Å². The molecule has 12 heteroatoms. The van der Waals surface area contributed by atoms with Crippen LogP contribution >= 0.6 is 7.82 Å². The van der Waals surface area contributed by atoms with Gasteiger partial charge in [0.25, 0.3) is 7.82 Å². The van der Waals surface area contributed by atoms with Crippen molar-refractivity contribution in [1.29, 1.82) is 0 Å². The standard InChI is InChI=1S/C34H67O10P.H3N/c1-3-5-7-9-11-13-15-17-19-21-23-25-33(37)41-29-32(30-43-45(39,40)42-28-31(36)27-35)44-34(38)26-24-22-20-18-16-14-12-10-8-6-4-2;/h31-32,35-36H,3-30H2,1-2H3,(H,39,40);1H3. The molecule has 276 valence electrons. The minimum Gasteiger partial charge on any atom is -0.756 e. The fourth-order valence-corrected chi connectivity index (χ4v) is 5.71. The molecule has 46 heavy (non-hydrogen) atoms. The Morgan fingerprint density at radius 2 is 0.978 bits per heavy atom. The highest BCUT2D eigenvalue weighted by molar-refractivity contribution is 7.45. The number of ether oxygens (including phenoxy) is 2. The van der Waals surface area contributed by atoms with Gasteiger partial charge in [-0.15, -0.1) is 0 Å². The van der Waals surface area contributed by atoms with Crippen LogP contribution in [0.3, 0.4) is 0 Å². The van der Waals surface area contributed by atoms with Crippen molar-refractivity contribution in [3.8, 4) is 0 Å². The smallest absolute Gasteiger partial charge is 0.306 e. The van der Waals surface area contributed by atoms with E-state index in [2.05, 4.69) is 18.4 Å². The fourth-order valence-electron chi connectivity index (χ4n) is 4.93. The van der Waals surface area contributed by atoms with E-state index in [0.29, 0.717) is 12.8 Å². The van der Waals surface area contributed by atoms with E-state index in [1.807, 2.05) is 0 Å². The van der Waals surface area contributed by atoms with Gasteiger partial charge in [0.15, 0.2) is 6.10 Å². The van der Waals surface area contributed by atoms with Gasteiger partial charge < -0.3 is 39.8 Å². The van der Waals surface area contributed by atoms with E-state index in [1.54, 1.807) is 0 Å². The van der Waals surface area contributed by atoms with Crippen LogP contribution in [0.25, 0.3) is 0 Å². The van der Waals surface area contributed by atoms with Crippen LogP contribution < -0.4 is 11.0 Å². The average molecular weight is 684 g/mol. The average Bonchev–Trinajstić information content (AvgIpc) is 3.02. The Morgan fingerprint density at radius 1 is 0.609 bits per heavy atom. The minimum atomic E-state index is -4.85. The molecule has 0 aliphatic rings. The molecule has 0 aliphatic heterocycles. The lowest BCUT2D eigenvalue weighted by atomic mass is 10.1. The lowest BCUT2D eigenvalue weighted by Gasteiger charge is -2.26. The number of esters is 2. The third-order valence-corrected chi connectivity index (χ3v) is 8.68. The van der Waals surface area contributed by atoms with Gasteiger partial charge in [0.1, 0.15) is 12.7 Å². The van der Waals surface area contributed by atoms with Crippen LogP contribution in [-0.2, 0) is 32.7 Å². The van der Waals surface area contributed by atoms with E-state index < -0.39 is 51.8 Å². The molecule has 11 nitrogen and oxygen atoms in total. The highest BCUT2D eigenvalue weighted by Gasteiger charge is 2.21. The Balaban J connectivity index is 0. The first kappa shape index (κ1) is 47.0. The Bertz CT molecular complexity index is 743. The molecule has 0 heterocycles. The van der Waals surface area contributed by atoms with Crippen LogP contribution in [0.5, 0.6) is 0 Å². The molecular weight excluding hydrogens is 613 g/mol. The van der Waals surface area contributed by atoms with Gasteiger partial charge in [-0.25, -0.2) is 0 Å². The molecule has 3 unspecified atom stereocenters. The van der Waals surface area contributed by atoms with Crippen molar-refractivity contribution in [2.45, 2.75) is 180 Å². The first-order chi connectivity index (χ1) is 21.7. The van der Waals surface area contributed by atoms with Crippen LogP contribution in [0.4, 0.5) is 0 Å². The minimum absolute atomic E-state index is 0. The van der Waals surface area contributed by atoms with Gasteiger partial charge in [-0.3, -0.25) is 14.2 Å². The number of aliphatic hydroxyl groups excluding tert-OH is 2. The molecule has 0 fully saturated rings. The number of quaternary nitrogens is 1. The third kappa shape index (κ3) is 32.9. The van der Waals surface area contributed by atoms with Crippen molar-refractivity contribution in [2.75, 3.05) is 26.4 Å². The summed E-state index contributed by atoms with van der Waals surface area (Å²) in [7, 11) is -4.85. The van der Waals surface area contributed by atoms with Crippen molar-refractivity contribution >= 4 is 19.8 Å². The quantitative estimate of drug-likeness (QED) is 0.0340. The van der Waals surface area contributed by atoms with E-state index in [-0.39, 0.29) is 25.6 Å². The zero-order valence-corrected chi connectivity index (χ0v) is 30.5. The maximum Gasteiger partial charge on any atom is 0.306 e. The third-order valence-electron chi connectivity index (χ3n) is 7.75. The number of hydrogen-bond donors (Lipinski definition) is 3. The molecule has 0 radical (unpaired) electrons. The van der Waals surface area contributed by atoms with Crippen molar-refractivity contribution in [3.05, 3.63) is 0 Å². The maximum absolute atomic E-state index is 12.5. The Morgan fingerprint density at radius 3 is 1.39 bits per heavy atom. The second kappa shape index (κ2) is 33.8. The summed E-state index contributed by atoms with van der Waals surface area (Å²) in [5.74, 6) is -0.955. The number of hydrogen-bond acceptors (Lipinski definition) is 10. The summed E-state index contributed by atoms with van der Waals surface area (Å²) >= 11 is 0. The molecule has 3 atom stereocenters. The molecule has 0 saturated carbocycles. The van der Waals surface area contributed by atoms with E-state index in [0.717, 1.165) is 38.5 Å². The molecule has 0 saturated heterocycles. The SMILES string of the molecule is CCCCCCCCCCCCCC(=O)OCC(COP(=O)([O-])OCC(O)CO)OC(=O)CCCCCCCCCCCCC.[NH4+]. The summed E-state index contributed by atoms with van der Waals surface area (Å²) in [4.78, 5) is 36.8. The number of phosphoric acid groups is 1. The summed E-state index contributed by atoms with van der Waals surface area (Å²) in [6, 6.07) is 0. The van der Waals surface area contributed by atoms with Crippen LogP contribution in [-0.4, -0.2) is 60.8 Å². The van der Waals surface area contributed by atoms with Gasteiger partial charge in [-0.2, -0.15) is 0 Å². The summed E-state index contributed by atoms with van der Waals surface area (Å²) in [5.41, 5.74) is 0. The second-order valence-corrected chi connectivity index (χ2v) is 13.7. The number of phosphoric ester groups is 1. The van der Waals surface area contributed by atoms with Crippen molar-refractivity contribution in [2.24, 2.45) is 0 Å². The summed E-state index contributed by atoms with van der Waals surface area (Å²) in [6.45, 7) is 2.17. The molecule has 0 amide bonds. The maximum atomic E-state index is 12.5. The van der Waals surface area contributed by atoms with Crippen LogP contribution in [0.2, 0.25) is 0 Å². The molecule has 0 aromatic rings. The van der Waals surface area contributed by atoms with E-state index >= 15 is 0 Å². The van der Waals surface area contributed by atoms with Gasteiger partial charge >= 0.3 is 11.9 Å². The van der Waals surface area contributed by atoms with Crippen LogP contribution in [0.15, 0.2) is 0 Å². The first-order valence-electron chi connectivity index (χ1n) is 18.0. The van der Waals surface area contributed by atoms with Gasteiger partial charge in [0.05, 0.1) is 19.8 Å². The molecule has 0 rings (SSSR count). The molecule has 0 aromatic carbocycles. The zero-order chi connectivity index (χ0) is 33.4. The van der Waals surface area contributed by atoms with E-state index in [4.69, 9.17) is 19.1 Å². The van der Waals surface area contributed by atoms with Gasteiger partial charge in [0, 0.05) is 12.8 Å². The first-order valence-corrected chi connectivity index (χ1v) is 19.4. The Kier molecular flexibility index (Phi) is 34.6. The molecule has 0 aliphatic carbocycles. The second-order valence-electron chi connectivity index (χ2n) is 12.2. The molecule has 0 bridgehead atoms. The van der Waals surface area contributed by atoms with Gasteiger partial charge in [-0.1, -0.05) is 142 Å². The zero-order valence-electron chi connectivity index (χ0n) is 29.6.